The number of rotatable bonds is 2. The third-order valence-electron chi connectivity index (χ3n) is 4.13. The maximum atomic E-state index is 6.13. The first-order valence-corrected chi connectivity index (χ1v) is 8.36. The molecule has 0 bridgehead atoms. The molecule has 2 aliphatic rings. The minimum Gasteiger partial charge on any atom is -0.466 e. The van der Waals surface area contributed by atoms with Gasteiger partial charge in [-0.05, 0) is 0 Å². The number of aromatic nitrogens is 3. The number of anilines is 2. The van der Waals surface area contributed by atoms with Crippen LogP contribution in [0, 0.1) is 0 Å². The zero-order valence-electron chi connectivity index (χ0n) is 12.6. The summed E-state index contributed by atoms with van der Waals surface area (Å²) in [5, 5.41) is 2.06. The van der Waals surface area contributed by atoms with E-state index in [0.717, 1.165) is 30.9 Å². The number of ether oxygens (including phenoxy) is 2. The van der Waals surface area contributed by atoms with Crippen molar-refractivity contribution in [1.29, 1.82) is 0 Å². The number of nitrogen functional groups attached to an aromatic ring is 2. The number of hydrogen-bond donors (Lipinski definition) is 2. The molecule has 8 nitrogen and oxygen atoms in total. The zero-order chi connectivity index (χ0) is 15.9. The van der Waals surface area contributed by atoms with Gasteiger partial charge in [-0.15, -0.1) is 11.3 Å². The van der Waals surface area contributed by atoms with E-state index in [4.69, 9.17) is 20.9 Å². The molecule has 122 valence electrons. The number of hydrogen-bond acceptors (Lipinski definition) is 9. The van der Waals surface area contributed by atoms with Gasteiger partial charge in [0.1, 0.15) is 5.82 Å². The van der Waals surface area contributed by atoms with E-state index in [9.17, 15) is 0 Å². The molecule has 2 aromatic heterocycles. The molecule has 4 heterocycles. The molecule has 1 unspecified atom stereocenters. The van der Waals surface area contributed by atoms with Crippen LogP contribution < -0.4 is 16.2 Å². The van der Waals surface area contributed by atoms with E-state index in [1.54, 1.807) is 11.3 Å². The number of thiazole rings is 1. The molecule has 1 spiro atoms. The summed E-state index contributed by atoms with van der Waals surface area (Å²) in [4.78, 5) is 14.9. The summed E-state index contributed by atoms with van der Waals surface area (Å²) in [6, 6.07) is 0. The molecule has 4 N–H and O–H groups in total. The fraction of sp³-hybridized carbons (Fsp3) is 0.500. The first kappa shape index (κ1) is 14.6. The Bertz CT molecular complexity index is 710. The van der Waals surface area contributed by atoms with Gasteiger partial charge in [0.25, 0.3) is 0 Å². The van der Waals surface area contributed by atoms with Crippen molar-refractivity contribution in [2.75, 3.05) is 37.8 Å². The van der Waals surface area contributed by atoms with E-state index >= 15 is 0 Å². The van der Waals surface area contributed by atoms with Crippen LogP contribution in [0.5, 0.6) is 5.88 Å². The first-order chi connectivity index (χ1) is 11.1. The molecule has 2 aliphatic heterocycles. The lowest BCUT2D eigenvalue weighted by atomic mass is 9.98. The molecule has 0 saturated carbocycles. The molecule has 0 aromatic carbocycles. The fourth-order valence-corrected chi connectivity index (χ4v) is 3.69. The zero-order valence-corrected chi connectivity index (χ0v) is 13.4. The Morgan fingerprint density at radius 1 is 1.35 bits per heavy atom. The van der Waals surface area contributed by atoms with E-state index in [2.05, 4.69) is 25.2 Å². The van der Waals surface area contributed by atoms with E-state index < -0.39 is 5.60 Å². The van der Waals surface area contributed by atoms with Crippen LogP contribution >= 0.6 is 11.3 Å². The maximum absolute atomic E-state index is 6.13. The predicted octanol–water partition coefficient (Wildman–Crippen LogP) is 0.304. The minimum absolute atomic E-state index is 0.132. The van der Waals surface area contributed by atoms with Crippen LogP contribution in [0.25, 0.3) is 0 Å². The van der Waals surface area contributed by atoms with Crippen molar-refractivity contribution in [2.24, 2.45) is 0 Å². The van der Waals surface area contributed by atoms with Crippen molar-refractivity contribution in [1.82, 2.24) is 19.9 Å². The molecule has 23 heavy (non-hydrogen) atoms. The maximum Gasteiger partial charge on any atom is 0.225 e. The van der Waals surface area contributed by atoms with Gasteiger partial charge < -0.3 is 20.9 Å². The third-order valence-corrected chi connectivity index (χ3v) is 4.76. The second kappa shape index (κ2) is 5.59. The molecular weight excluding hydrogens is 316 g/mol. The van der Waals surface area contributed by atoms with Crippen molar-refractivity contribution in [3.05, 3.63) is 22.1 Å². The molecule has 0 aliphatic carbocycles. The number of fused-ring (bicyclic) bond motifs is 1. The van der Waals surface area contributed by atoms with E-state index in [1.165, 1.54) is 0 Å². The second-order valence-corrected chi connectivity index (χ2v) is 6.67. The van der Waals surface area contributed by atoms with Gasteiger partial charge in [0.2, 0.25) is 11.8 Å². The Labute approximate surface area is 137 Å². The summed E-state index contributed by atoms with van der Waals surface area (Å²) >= 11 is 1.60. The van der Waals surface area contributed by atoms with Crippen molar-refractivity contribution >= 4 is 23.1 Å². The van der Waals surface area contributed by atoms with E-state index in [0.29, 0.717) is 31.3 Å². The van der Waals surface area contributed by atoms with Gasteiger partial charge in [0, 0.05) is 31.4 Å². The monoisotopic (exact) mass is 334 g/mol. The molecule has 1 fully saturated rings. The van der Waals surface area contributed by atoms with Gasteiger partial charge in [-0.1, -0.05) is 0 Å². The van der Waals surface area contributed by atoms with Crippen LogP contribution in [0.15, 0.2) is 10.9 Å². The summed E-state index contributed by atoms with van der Waals surface area (Å²) in [5.41, 5.74) is 14.9. The largest absolute Gasteiger partial charge is 0.466 e. The van der Waals surface area contributed by atoms with Crippen LogP contribution in [0.1, 0.15) is 11.3 Å². The Hall–Kier alpha value is -1.97. The first-order valence-electron chi connectivity index (χ1n) is 7.42. The lowest BCUT2D eigenvalue weighted by molar-refractivity contribution is -0.00271. The Balaban J connectivity index is 1.57. The third kappa shape index (κ3) is 2.82. The SMILES string of the molecule is Nc1nc(N)c2c(n1)OC1(COCCN(Cc3cscn3)C1)C2. The van der Waals surface area contributed by atoms with Gasteiger partial charge in [0.15, 0.2) is 5.60 Å². The molecule has 1 saturated heterocycles. The molecule has 4 rings (SSSR count). The summed E-state index contributed by atoms with van der Waals surface area (Å²) in [7, 11) is 0. The smallest absolute Gasteiger partial charge is 0.225 e. The summed E-state index contributed by atoms with van der Waals surface area (Å²) in [6.45, 7) is 3.49. The summed E-state index contributed by atoms with van der Waals surface area (Å²) in [6.07, 6.45) is 0.627. The van der Waals surface area contributed by atoms with E-state index in [1.807, 2.05) is 5.51 Å². The highest BCUT2D eigenvalue weighted by Gasteiger charge is 2.44. The minimum atomic E-state index is -0.495. The van der Waals surface area contributed by atoms with Crippen LogP contribution in [0.4, 0.5) is 11.8 Å². The average molecular weight is 334 g/mol. The van der Waals surface area contributed by atoms with Crippen LogP contribution in [-0.4, -0.2) is 51.8 Å². The predicted molar refractivity (Wildman–Crippen MR) is 86.1 cm³/mol. The highest BCUT2D eigenvalue weighted by atomic mass is 32.1. The van der Waals surface area contributed by atoms with Gasteiger partial charge in [-0.25, -0.2) is 4.98 Å². The lowest BCUT2D eigenvalue weighted by Crippen LogP contribution is -2.48. The second-order valence-electron chi connectivity index (χ2n) is 5.96. The van der Waals surface area contributed by atoms with Crippen molar-refractivity contribution in [2.45, 2.75) is 18.6 Å². The summed E-state index contributed by atoms with van der Waals surface area (Å²) < 4.78 is 11.9. The lowest BCUT2D eigenvalue weighted by Gasteiger charge is -2.30. The fourth-order valence-electron chi connectivity index (χ4n) is 3.14. The molecular formula is C14H18N6O2S. The number of nitrogens with two attached hydrogens (primary N) is 2. The molecule has 9 heteroatoms. The van der Waals surface area contributed by atoms with Crippen molar-refractivity contribution < 1.29 is 9.47 Å². The van der Waals surface area contributed by atoms with Crippen molar-refractivity contribution in [3.63, 3.8) is 0 Å². The van der Waals surface area contributed by atoms with Gasteiger partial charge >= 0.3 is 0 Å². The summed E-state index contributed by atoms with van der Waals surface area (Å²) in [5.74, 6) is 1.00. The van der Waals surface area contributed by atoms with Crippen LogP contribution in [-0.2, 0) is 17.7 Å². The van der Waals surface area contributed by atoms with Gasteiger partial charge in [-0.2, -0.15) is 9.97 Å². The molecule has 1 atom stereocenters. The number of nitrogens with zero attached hydrogens (tertiary/aromatic N) is 4. The molecule has 0 radical (unpaired) electrons. The Morgan fingerprint density at radius 3 is 3.09 bits per heavy atom. The van der Waals surface area contributed by atoms with Gasteiger partial charge in [0.05, 0.1) is 30.0 Å². The van der Waals surface area contributed by atoms with Crippen molar-refractivity contribution in [3.8, 4) is 5.88 Å². The van der Waals surface area contributed by atoms with Crippen LogP contribution in [0.2, 0.25) is 0 Å². The highest BCUT2D eigenvalue weighted by molar-refractivity contribution is 7.07. The quantitative estimate of drug-likeness (QED) is 0.806. The topological polar surface area (TPSA) is 112 Å². The Morgan fingerprint density at radius 2 is 2.26 bits per heavy atom. The van der Waals surface area contributed by atoms with E-state index in [-0.39, 0.29) is 5.95 Å². The molecule has 0 amide bonds. The van der Waals surface area contributed by atoms with Gasteiger partial charge in [-0.3, -0.25) is 4.90 Å². The Kier molecular flexibility index (Phi) is 3.55. The van der Waals surface area contributed by atoms with Crippen LogP contribution in [0.3, 0.4) is 0 Å². The normalized spacial score (nSPS) is 24.3. The molecule has 2 aromatic rings. The average Bonchev–Trinajstić information content (AvgIpc) is 3.06. The highest BCUT2D eigenvalue weighted by Crippen LogP contribution is 2.38. The standard InChI is InChI=1S/C14H18N6O2S/c15-11-10-3-14(22-12(10)19-13(16)18-11)6-20(1-2-21-7-14)4-9-5-23-8-17-9/h5,8H,1-4,6-7H2,(H4,15,16,18,19).